The van der Waals surface area contributed by atoms with E-state index in [1.165, 1.54) is 25.3 Å². The molecule has 0 bridgehead atoms. The second-order valence-corrected chi connectivity index (χ2v) is 7.18. The Hall–Kier alpha value is -1.56. The first-order valence-corrected chi connectivity index (χ1v) is 8.09. The highest BCUT2D eigenvalue weighted by atomic mass is 19.4. The van der Waals surface area contributed by atoms with E-state index in [9.17, 15) is 13.2 Å². The summed E-state index contributed by atoms with van der Waals surface area (Å²) in [4.78, 5) is 9.29. The Labute approximate surface area is 132 Å². The fourth-order valence-electron chi connectivity index (χ4n) is 3.82. The maximum atomic E-state index is 13.4. The molecule has 0 radical (unpaired) electrons. The van der Waals surface area contributed by atoms with E-state index in [1.54, 1.807) is 6.92 Å². The van der Waals surface area contributed by atoms with Crippen molar-refractivity contribution in [3.05, 3.63) is 29.1 Å². The number of aryl methyl sites for hydroxylation is 1. The van der Waals surface area contributed by atoms with Crippen LogP contribution in [0.4, 0.5) is 13.2 Å². The van der Waals surface area contributed by atoms with Gasteiger partial charge in [0.1, 0.15) is 11.3 Å². The van der Waals surface area contributed by atoms with Crippen LogP contribution >= 0.6 is 0 Å². The van der Waals surface area contributed by atoms with Gasteiger partial charge in [0.15, 0.2) is 0 Å². The molecule has 1 saturated carbocycles. The van der Waals surface area contributed by atoms with E-state index >= 15 is 0 Å². The Bertz CT molecular complexity index is 758. The SMILES string of the molecule is Cc1nc2c(C(F)(F)F)cc([C@@H](C)N3CCC4(CC4)C3)cc2[nH]1. The summed E-state index contributed by atoms with van der Waals surface area (Å²) >= 11 is 0. The van der Waals surface area contributed by atoms with Gasteiger partial charge in [-0.05, 0) is 62.8 Å². The van der Waals surface area contributed by atoms with Gasteiger partial charge in [0.05, 0.1) is 11.1 Å². The number of aromatic amines is 1. The molecular weight excluding hydrogens is 303 g/mol. The Balaban J connectivity index is 1.74. The van der Waals surface area contributed by atoms with Gasteiger partial charge < -0.3 is 4.98 Å². The molecule has 6 heteroatoms. The largest absolute Gasteiger partial charge is 0.418 e. The van der Waals surface area contributed by atoms with Gasteiger partial charge in [-0.3, -0.25) is 4.90 Å². The summed E-state index contributed by atoms with van der Waals surface area (Å²) < 4.78 is 40.2. The first kappa shape index (κ1) is 15.0. The molecule has 23 heavy (non-hydrogen) atoms. The number of alkyl halides is 3. The lowest BCUT2D eigenvalue weighted by atomic mass is 10.0. The average molecular weight is 323 g/mol. The molecule has 1 aliphatic heterocycles. The molecule has 4 rings (SSSR count). The molecule has 1 aromatic carbocycles. The molecule has 1 atom stereocenters. The quantitative estimate of drug-likeness (QED) is 0.886. The molecule has 2 heterocycles. The first-order valence-electron chi connectivity index (χ1n) is 8.09. The maximum absolute atomic E-state index is 13.4. The zero-order valence-electron chi connectivity index (χ0n) is 13.3. The van der Waals surface area contributed by atoms with Gasteiger partial charge in [0.2, 0.25) is 0 Å². The Morgan fingerprint density at radius 2 is 2.00 bits per heavy atom. The predicted octanol–water partition coefficient (Wildman–Crippen LogP) is 4.44. The van der Waals surface area contributed by atoms with E-state index in [1.807, 2.05) is 13.0 Å². The predicted molar refractivity (Wildman–Crippen MR) is 82.1 cm³/mol. The molecule has 2 aliphatic rings. The van der Waals surface area contributed by atoms with Gasteiger partial charge in [-0.1, -0.05) is 0 Å². The normalized spacial score (nSPS) is 22.1. The number of nitrogens with one attached hydrogen (secondary N) is 1. The van der Waals surface area contributed by atoms with Crippen molar-refractivity contribution in [2.45, 2.75) is 45.3 Å². The van der Waals surface area contributed by atoms with Gasteiger partial charge in [-0.15, -0.1) is 0 Å². The number of nitrogens with zero attached hydrogens (tertiary/aromatic N) is 2. The molecule has 1 spiro atoms. The molecule has 2 fully saturated rings. The Morgan fingerprint density at radius 3 is 2.61 bits per heavy atom. The highest BCUT2D eigenvalue weighted by Crippen LogP contribution is 2.54. The summed E-state index contributed by atoms with van der Waals surface area (Å²) in [7, 11) is 0. The highest BCUT2D eigenvalue weighted by molar-refractivity contribution is 5.80. The lowest BCUT2D eigenvalue weighted by Crippen LogP contribution is -2.25. The van der Waals surface area contributed by atoms with E-state index < -0.39 is 11.7 Å². The van der Waals surface area contributed by atoms with Gasteiger partial charge in [-0.25, -0.2) is 4.98 Å². The molecule has 1 aliphatic carbocycles. The topological polar surface area (TPSA) is 31.9 Å². The lowest BCUT2D eigenvalue weighted by molar-refractivity contribution is -0.136. The zero-order valence-corrected chi connectivity index (χ0v) is 13.3. The Morgan fingerprint density at radius 1 is 1.26 bits per heavy atom. The standard InChI is InChI=1S/C17H20F3N3/c1-10(23-6-5-16(9-23)3-4-16)12-7-13(17(18,19)20)15-14(8-12)21-11(2)22-15/h7-8,10H,3-6,9H2,1-2H3,(H,21,22)/t10-/m1/s1. The second kappa shape index (κ2) is 4.72. The van der Waals surface area contributed by atoms with Crippen molar-refractivity contribution in [2.24, 2.45) is 5.41 Å². The minimum absolute atomic E-state index is 0.0101. The molecular formula is C17H20F3N3. The van der Waals surface area contributed by atoms with Crippen LogP contribution in [0.3, 0.4) is 0 Å². The summed E-state index contributed by atoms with van der Waals surface area (Å²) in [5.41, 5.74) is 1.04. The minimum Gasteiger partial charge on any atom is -0.342 e. The summed E-state index contributed by atoms with van der Waals surface area (Å²) in [5, 5.41) is 0. The van der Waals surface area contributed by atoms with Crippen LogP contribution in [0, 0.1) is 12.3 Å². The maximum Gasteiger partial charge on any atom is 0.418 e. The van der Waals surface area contributed by atoms with Crippen LogP contribution in [0.1, 0.15) is 49.2 Å². The summed E-state index contributed by atoms with van der Waals surface area (Å²) in [5.74, 6) is 0.508. The van der Waals surface area contributed by atoms with Gasteiger partial charge >= 0.3 is 6.18 Å². The van der Waals surface area contributed by atoms with E-state index in [0.717, 1.165) is 13.1 Å². The molecule has 0 unspecified atom stereocenters. The fraction of sp³-hybridized carbons (Fsp3) is 0.588. The van der Waals surface area contributed by atoms with E-state index in [2.05, 4.69) is 14.9 Å². The van der Waals surface area contributed by atoms with Crippen molar-refractivity contribution in [1.29, 1.82) is 0 Å². The third-order valence-electron chi connectivity index (χ3n) is 5.49. The molecule has 3 nitrogen and oxygen atoms in total. The van der Waals surface area contributed by atoms with Crippen LogP contribution in [-0.2, 0) is 6.18 Å². The summed E-state index contributed by atoms with van der Waals surface area (Å²) in [6.07, 6.45) is -0.682. The van der Waals surface area contributed by atoms with E-state index in [4.69, 9.17) is 0 Å². The number of hydrogen-bond donors (Lipinski definition) is 1. The number of likely N-dealkylation sites (tertiary alicyclic amines) is 1. The van der Waals surface area contributed by atoms with Crippen LogP contribution in [0.25, 0.3) is 11.0 Å². The van der Waals surface area contributed by atoms with Crippen LogP contribution in [0.2, 0.25) is 0 Å². The number of benzene rings is 1. The monoisotopic (exact) mass is 323 g/mol. The molecule has 2 aromatic rings. The van der Waals surface area contributed by atoms with Gasteiger partial charge in [0.25, 0.3) is 0 Å². The minimum atomic E-state index is -4.39. The van der Waals surface area contributed by atoms with Gasteiger partial charge in [-0.2, -0.15) is 13.2 Å². The molecule has 0 amide bonds. The smallest absolute Gasteiger partial charge is 0.342 e. The second-order valence-electron chi connectivity index (χ2n) is 7.18. The van der Waals surface area contributed by atoms with Crippen molar-refractivity contribution in [3.8, 4) is 0 Å². The lowest BCUT2D eigenvalue weighted by Gasteiger charge is -2.25. The van der Waals surface area contributed by atoms with Crippen LogP contribution < -0.4 is 0 Å². The number of rotatable bonds is 2. The van der Waals surface area contributed by atoms with E-state index in [-0.39, 0.29) is 11.6 Å². The fourth-order valence-corrected chi connectivity index (χ4v) is 3.82. The van der Waals surface area contributed by atoms with Gasteiger partial charge in [0, 0.05) is 12.6 Å². The van der Waals surface area contributed by atoms with Crippen molar-refractivity contribution >= 4 is 11.0 Å². The highest BCUT2D eigenvalue weighted by Gasteiger charge is 2.48. The van der Waals surface area contributed by atoms with Crippen molar-refractivity contribution in [1.82, 2.24) is 14.9 Å². The third kappa shape index (κ3) is 2.53. The van der Waals surface area contributed by atoms with Crippen LogP contribution in [0.5, 0.6) is 0 Å². The van der Waals surface area contributed by atoms with Crippen LogP contribution in [-0.4, -0.2) is 28.0 Å². The molecule has 124 valence electrons. The third-order valence-corrected chi connectivity index (χ3v) is 5.49. The van der Waals surface area contributed by atoms with E-state index in [0.29, 0.717) is 22.3 Å². The first-order chi connectivity index (χ1) is 10.8. The van der Waals surface area contributed by atoms with Crippen molar-refractivity contribution in [3.63, 3.8) is 0 Å². The summed E-state index contributed by atoms with van der Waals surface area (Å²) in [6.45, 7) is 5.67. The number of hydrogen-bond acceptors (Lipinski definition) is 2. The molecule has 1 aromatic heterocycles. The summed E-state index contributed by atoms with van der Waals surface area (Å²) in [6, 6.07) is 3.10. The van der Waals surface area contributed by atoms with Crippen molar-refractivity contribution in [2.75, 3.05) is 13.1 Å². The van der Waals surface area contributed by atoms with Crippen molar-refractivity contribution < 1.29 is 13.2 Å². The Kier molecular flexibility index (Phi) is 3.08. The number of halogens is 3. The molecule has 1 N–H and O–H groups in total. The average Bonchev–Trinajstić information content (AvgIpc) is 2.91. The number of H-pyrrole nitrogens is 1. The zero-order chi connectivity index (χ0) is 16.4. The number of aromatic nitrogens is 2. The van der Waals surface area contributed by atoms with Crippen LogP contribution in [0.15, 0.2) is 12.1 Å². The number of fused-ring (bicyclic) bond motifs is 1. The number of imidazole rings is 1. The molecule has 1 saturated heterocycles.